The third-order valence-electron chi connectivity index (χ3n) is 4.18. The fourth-order valence-corrected chi connectivity index (χ4v) is 2.74. The molecule has 136 valence electrons. The minimum absolute atomic E-state index is 0.0716. The van der Waals surface area contributed by atoms with Crippen LogP contribution in [-0.2, 0) is 4.74 Å². The topological polar surface area (TPSA) is 150 Å². The summed E-state index contributed by atoms with van der Waals surface area (Å²) in [5, 5.41) is 48.7. The maximum Gasteiger partial charge on any atom is 0.379 e. The Morgan fingerprint density at radius 3 is 2.56 bits per heavy atom. The molecule has 5 N–H and O–H groups in total. The Labute approximate surface area is 141 Å². The molecule has 5 atom stereocenters. The second-order valence-corrected chi connectivity index (χ2v) is 5.84. The van der Waals surface area contributed by atoms with Gasteiger partial charge in [0.05, 0.1) is 6.61 Å². The summed E-state index contributed by atoms with van der Waals surface area (Å²) >= 11 is 0. The van der Waals surface area contributed by atoms with Crippen LogP contribution in [0.4, 0.5) is 0 Å². The van der Waals surface area contributed by atoms with Gasteiger partial charge in [-0.25, -0.2) is 4.79 Å². The molecule has 0 spiro atoms. The van der Waals surface area contributed by atoms with Crippen molar-refractivity contribution in [3.05, 3.63) is 34.2 Å². The van der Waals surface area contributed by atoms with Crippen molar-refractivity contribution >= 4 is 11.0 Å². The van der Waals surface area contributed by atoms with Crippen LogP contribution in [0.25, 0.3) is 11.0 Å². The molecular weight excluding hydrogens is 336 g/mol. The van der Waals surface area contributed by atoms with Crippen molar-refractivity contribution in [3.8, 4) is 11.5 Å². The van der Waals surface area contributed by atoms with Crippen LogP contribution in [0, 0.1) is 6.92 Å². The van der Waals surface area contributed by atoms with Crippen LogP contribution in [-0.4, -0.2) is 62.8 Å². The molecule has 1 aromatic heterocycles. The molecule has 1 aromatic carbocycles. The first-order valence-electron chi connectivity index (χ1n) is 7.57. The summed E-state index contributed by atoms with van der Waals surface area (Å²) in [6.45, 7) is 0.963. The number of benzene rings is 1. The van der Waals surface area contributed by atoms with Gasteiger partial charge in [-0.3, -0.25) is 0 Å². The van der Waals surface area contributed by atoms with Crippen molar-refractivity contribution in [2.75, 3.05) is 6.61 Å². The first-order chi connectivity index (χ1) is 11.8. The molecule has 0 bridgehead atoms. The van der Waals surface area contributed by atoms with E-state index in [1.54, 1.807) is 6.92 Å². The lowest BCUT2D eigenvalue weighted by Crippen LogP contribution is -2.60. The maximum absolute atomic E-state index is 12.2. The van der Waals surface area contributed by atoms with Gasteiger partial charge in [0.25, 0.3) is 0 Å². The lowest BCUT2D eigenvalue weighted by Gasteiger charge is -2.39. The molecule has 25 heavy (non-hydrogen) atoms. The minimum atomic E-state index is -1.65. The predicted molar refractivity (Wildman–Crippen MR) is 83.3 cm³/mol. The van der Waals surface area contributed by atoms with Gasteiger partial charge in [0, 0.05) is 17.0 Å². The van der Waals surface area contributed by atoms with Gasteiger partial charge in [0.15, 0.2) is 0 Å². The Balaban J connectivity index is 1.97. The fraction of sp³-hybridized carbons (Fsp3) is 0.438. The summed E-state index contributed by atoms with van der Waals surface area (Å²) in [5.74, 6) is -0.319. The summed E-state index contributed by atoms with van der Waals surface area (Å²) in [6.07, 6.45) is -7.45. The van der Waals surface area contributed by atoms with E-state index in [0.717, 1.165) is 0 Å². The highest BCUT2D eigenvalue weighted by molar-refractivity contribution is 5.83. The zero-order valence-electron chi connectivity index (χ0n) is 13.2. The summed E-state index contributed by atoms with van der Waals surface area (Å²) in [7, 11) is 0. The first-order valence-corrected chi connectivity index (χ1v) is 7.57. The average molecular weight is 354 g/mol. The van der Waals surface area contributed by atoms with E-state index in [2.05, 4.69) is 0 Å². The lowest BCUT2D eigenvalue weighted by molar-refractivity contribution is -0.277. The van der Waals surface area contributed by atoms with E-state index in [-0.39, 0.29) is 17.1 Å². The molecular formula is C16H18O9. The summed E-state index contributed by atoms with van der Waals surface area (Å²) in [4.78, 5) is 12.2. The number of phenols is 1. The summed E-state index contributed by atoms with van der Waals surface area (Å²) < 4.78 is 15.7. The molecule has 0 amide bonds. The number of phenolic OH excluding ortho intramolecular Hbond substituents is 1. The minimum Gasteiger partial charge on any atom is -0.508 e. The molecule has 1 fully saturated rings. The zero-order valence-corrected chi connectivity index (χ0v) is 13.2. The molecule has 1 unspecified atom stereocenters. The van der Waals surface area contributed by atoms with Crippen LogP contribution in [0.2, 0.25) is 0 Å². The number of aromatic hydroxyl groups is 1. The van der Waals surface area contributed by atoms with Gasteiger partial charge in [0.1, 0.15) is 35.7 Å². The quantitative estimate of drug-likeness (QED) is 0.437. The Hall–Kier alpha value is -2.17. The molecule has 9 heteroatoms. The van der Waals surface area contributed by atoms with E-state index in [1.807, 2.05) is 0 Å². The molecule has 2 aromatic rings. The predicted octanol–water partition coefficient (Wildman–Crippen LogP) is -1.01. The number of aliphatic hydroxyl groups excluding tert-OH is 4. The molecule has 3 rings (SSSR count). The molecule has 0 radical (unpaired) electrons. The Morgan fingerprint density at radius 1 is 1.16 bits per heavy atom. The molecule has 0 aliphatic carbocycles. The Kier molecular flexibility index (Phi) is 4.67. The number of fused-ring (bicyclic) bond motifs is 1. The number of rotatable bonds is 3. The number of hydrogen-bond acceptors (Lipinski definition) is 9. The number of hydrogen-bond donors (Lipinski definition) is 5. The van der Waals surface area contributed by atoms with Crippen molar-refractivity contribution in [3.63, 3.8) is 0 Å². The zero-order chi connectivity index (χ0) is 18.3. The fourth-order valence-electron chi connectivity index (χ4n) is 2.74. The highest BCUT2D eigenvalue weighted by Crippen LogP contribution is 2.29. The van der Waals surface area contributed by atoms with Crippen molar-refractivity contribution in [2.24, 2.45) is 0 Å². The second kappa shape index (κ2) is 6.62. The van der Waals surface area contributed by atoms with Crippen LogP contribution < -0.4 is 10.4 Å². The van der Waals surface area contributed by atoms with E-state index in [1.165, 1.54) is 18.2 Å². The van der Waals surface area contributed by atoms with Gasteiger partial charge >= 0.3 is 5.63 Å². The summed E-state index contributed by atoms with van der Waals surface area (Å²) in [5.41, 5.74) is -0.334. The van der Waals surface area contributed by atoms with Crippen LogP contribution in [0.3, 0.4) is 0 Å². The number of ether oxygens (including phenoxy) is 2. The highest BCUT2D eigenvalue weighted by atomic mass is 16.7. The van der Waals surface area contributed by atoms with Crippen LogP contribution in [0.1, 0.15) is 5.56 Å². The van der Waals surface area contributed by atoms with Crippen molar-refractivity contribution < 1.29 is 39.4 Å². The lowest BCUT2D eigenvalue weighted by atomic mass is 9.99. The van der Waals surface area contributed by atoms with Gasteiger partial charge in [-0.2, -0.15) is 0 Å². The molecule has 1 saturated heterocycles. The van der Waals surface area contributed by atoms with Crippen molar-refractivity contribution in [1.29, 1.82) is 0 Å². The van der Waals surface area contributed by atoms with E-state index in [0.29, 0.717) is 10.9 Å². The largest absolute Gasteiger partial charge is 0.508 e. The standard InChI is InChI=1S/C16H18O9/c1-6-8-3-2-7(18)4-9(8)23-15(22)14(6)25-16-13(21)12(20)11(19)10(5-17)24-16/h2-4,10-13,16-21H,5H2,1H3/t10-,11+,12+,13-,16?/m1/s1. The molecule has 0 saturated carbocycles. The van der Waals surface area contributed by atoms with E-state index >= 15 is 0 Å². The van der Waals surface area contributed by atoms with E-state index in [4.69, 9.17) is 13.9 Å². The Morgan fingerprint density at radius 2 is 1.88 bits per heavy atom. The highest BCUT2D eigenvalue weighted by Gasteiger charge is 2.45. The number of aryl methyl sites for hydroxylation is 1. The second-order valence-electron chi connectivity index (χ2n) is 5.84. The van der Waals surface area contributed by atoms with E-state index < -0.39 is 42.9 Å². The number of aliphatic hydroxyl groups is 4. The van der Waals surface area contributed by atoms with Gasteiger partial charge < -0.3 is 39.4 Å². The van der Waals surface area contributed by atoms with Crippen LogP contribution in [0.15, 0.2) is 27.4 Å². The normalized spacial score (nSPS) is 29.7. The van der Waals surface area contributed by atoms with E-state index in [9.17, 15) is 30.3 Å². The monoisotopic (exact) mass is 354 g/mol. The van der Waals surface area contributed by atoms with Gasteiger partial charge in [-0.05, 0) is 19.1 Å². The summed E-state index contributed by atoms with van der Waals surface area (Å²) in [6, 6.07) is 4.22. The smallest absolute Gasteiger partial charge is 0.379 e. The third-order valence-corrected chi connectivity index (χ3v) is 4.18. The van der Waals surface area contributed by atoms with Gasteiger partial charge in [0.2, 0.25) is 12.0 Å². The van der Waals surface area contributed by atoms with Crippen LogP contribution in [0.5, 0.6) is 11.5 Å². The van der Waals surface area contributed by atoms with Gasteiger partial charge in [-0.1, -0.05) is 0 Å². The molecule has 9 nitrogen and oxygen atoms in total. The molecule has 2 heterocycles. The van der Waals surface area contributed by atoms with Crippen molar-refractivity contribution in [2.45, 2.75) is 37.6 Å². The maximum atomic E-state index is 12.2. The first kappa shape index (κ1) is 17.6. The molecule has 1 aliphatic rings. The average Bonchev–Trinajstić information content (AvgIpc) is 2.58. The van der Waals surface area contributed by atoms with Gasteiger partial charge in [-0.15, -0.1) is 0 Å². The molecule has 1 aliphatic heterocycles. The SMILES string of the molecule is Cc1c(OC2O[C@H](CO)[C@H](O)[C@H](O)[C@H]2O)c(=O)oc2cc(O)ccc12. The van der Waals surface area contributed by atoms with Crippen molar-refractivity contribution in [1.82, 2.24) is 0 Å². The van der Waals surface area contributed by atoms with Crippen LogP contribution >= 0.6 is 0 Å². The third kappa shape index (κ3) is 3.08. The Bertz CT molecular complexity index is 828.